The monoisotopic (exact) mass is 217 g/mol. The molecule has 0 atom stereocenters. The second kappa shape index (κ2) is 5.12. The normalized spacial score (nSPS) is 11.1. The maximum absolute atomic E-state index is 4.72. The van der Waals surface area contributed by atoms with Crippen molar-refractivity contribution in [2.45, 2.75) is 33.2 Å². The molecule has 1 N–H and O–H groups in total. The molecule has 2 aromatic heterocycles. The molecule has 0 bridgehead atoms. The topological polar surface area (TPSA) is 29.3 Å². The predicted molar refractivity (Wildman–Crippen MR) is 66.6 cm³/mol. The molecule has 2 rings (SSSR count). The minimum Gasteiger partial charge on any atom is -0.311 e. The Labute approximate surface area is 96.5 Å². The highest BCUT2D eigenvalue weighted by Crippen LogP contribution is 2.14. The molecular weight excluding hydrogens is 198 g/mol. The van der Waals surface area contributed by atoms with Crippen molar-refractivity contribution in [2.75, 3.05) is 6.54 Å². The van der Waals surface area contributed by atoms with Crippen molar-refractivity contribution >= 4 is 5.52 Å². The Morgan fingerprint density at radius 3 is 2.94 bits per heavy atom. The van der Waals surface area contributed by atoms with E-state index in [1.54, 1.807) is 0 Å². The van der Waals surface area contributed by atoms with Crippen LogP contribution in [0, 0.1) is 0 Å². The van der Waals surface area contributed by atoms with Crippen LogP contribution >= 0.6 is 0 Å². The van der Waals surface area contributed by atoms with Crippen LogP contribution in [0.25, 0.3) is 5.52 Å². The lowest BCUT2D eigenvalue weighted by Gasteiger charge is -1.99. The molecule has 0 spiro atoms. The van der Waals surface area contributed by atoms with E-state index in [2.05, 4.69) is 48.0 Å². The number of aromatic nitrogens is 2. The fourth-order valence-corrected chi connectivity index (χ4v) is 1.94. The molecule has 2 aromatic rings. The summed E-state index contributed by atoms with van der Waals surface area (Å²) in [4.78, 5) is 4.72. The molecule has 0 radical (unpaired) electrons. The average Bonchev–Trinajstić information content (AvgIpc) is 2.66. The molecule has 0 fully saturated rings. The molecule has 0 aromatic carbocycles. The molecule has 86 valence electrons. The van der Waals surface area contributed by atoms with Crippen LogP contribution in [0.2, 0.25) is 0 Å². The van der Waals surface area contributed by atoms with Crippen molar-refractivity contribution in [3.63, 3.8) is 0 Å². The summed E-state index contributed by atoms with van der Waals surface area (Å²) in [6.07, 6.45) is 4.27. The smallest absolute Gasteiger partial charge is 0.113 e. The molecule has 2 heterocycles. The predicted octanol–water partition coefficient (Wildman–Crippen LogP) is 2.40. The van der Waals surface area contributed by atoms with Gasteiger partial charge in [-0.05, 0) is 25.1 Å². The lowest BCUT2D eigenvalue weighted by Crippen LogP contribution is -2.12. The van der Waals surface area contributed by atoms with Crippen LogP contribution in [0.3, 0.4) is 0 Å². The van der Waals surface area contributed by atoms with Crippen molar-refractivity contribution in [1.82, 2.24) is 14.7 Å². The van der Waals surface area contributed by atoms with Crippen LogP contribution in [0.4, 0.5) is 0 Å². The van der Waals surface area contributed by atoms with Gasteiger partial charge in [-0.15, -0.1) is 0 Å². The third kappa shape index (κ3) is 2.09. The minimum atomic E-state index is 0.855. The quantitative estimate of drug-likeness (QED) is 0.833. The zero-order valence-electron chi connectivity index (χ0n) is 10.0. The van der Waals surface area contributed by atoms with Gasteiger partial charge in [-0.2, -0.15) is 0 Å². The van der Waals surface area contributed by atoms with E-state index in [0.29, 0.717) is 0 Å². The molecule has 0 unspecified atom stereocenters. The van der Waals surface area contributed by atoms with Gasteiger partial charge in [-0.3, -0.25) is 0 Å². The van der Waals surface area contributed by atoms with Crippen LogP contribution in [0.15, 0.2) is 24.4 Å². The number of fused-ring (bicyclic) bond motifs is 1. The minimum absolute atomic E-state index is 0.855. The van der Waals surface area contributed by atoms with E-state index in [-0.39, 0.29) is 0 Å². The summed E-state index contributed by atoms with van der Waals surface area (Å²) in [6.45, 7) is 6.14. The first kappa shape index (κ1) is 11.1. The van der Waals surface area contributed by atoms with Crippen LogP contribution in [-0.4, -0.2) is 15.9 Å². The molecule has 0 amide bonds. The summed E-state index contributed by atoms with van der Waals surface area (Å²) < 4.78 is 2.20. The van der Waals surface area contributed by atoms with Crippen molar-refractivity contribution in [3.05, 3.63) is 35.9 Å². The molecule has 0 aliphatic rings. The van der Waals surface area contributed by atoms with Crippen LogP contribution in [-0.2, 0) is 13.0 Å². The lowest BCUT2D eigenvalue weighted by molar-refractivity contribution is 0.713. The van der Waals surface area contributed by atoms with E-state index in [1.807, 2.05) is 0 Å². The highest BCUT2D eigenvalue weighted by Gasteiger charge is 2.08. The molecular formula is C13H19N3. The van der Waals surface area contributed by atoms with E-state index in [1.165, 1.54) is 11.3 Å². The Hall–Kier alpha value is -1.35. The lowest BCUT2D eigenvalue weighted by atomic mass is 10.3. The summed E-state index contributed by atoms with van der Waals surface area (Å²) >= 11 is 0. The van der Waals surface area contributed by atoms with Gasteiger partial charge in [-0.25, -0.2) is 4.98 Å². The maximum atomic E-state index is 4.72. The van der Waals surface area contributed by atoms with Gasteiger partial charge in [0.05, 0.1) is 11.2 Å². The fraction of sp³-hybridized carbons (Fsp3) is 0.462. The van der Waals surface area contributed by atoms with Gasteiger partial charge >= 0.3 is 0 Å². The van der Waals surface area contributed by atoms with E-state index in [9.17, 15) is 0 Å². The van der Waals surface area contributed by atoms with Crippen molar-refractivity contribution in [3.8, 4) is 0 Å². The molecule has 0 saturated carbocycles. The first-order chi connectivity index (χ1) is 7.86. The second-order valence-corrected chi connectivity index (χ2v) is 3.96. The number of imidazole rings is 1. The Morgan fingerprint density at radius 1 is 1.31 bits per heavy atom. The Bertz CT molecular complexity index is 459. The molecule has 16 heavy (non-hydrogen) atoms. The first-order valence-electron chi connectivity index (χ1n) is 6.02. The summed E-state index contributed by atoms with van der Waals surface area (Å²) in [5.74, 6) is 1.17. The van der Waals surface area contributed by atoms with Gasteiger partial charge in [0, 0.05) is 19.2 Å². The molecule has 0 aliphatic carbocycles. The van der Waals surface area contributed by atoms with Gasteiger partial charge in [0.2, 0.25) is 0 Å². The zero-order valence-corrected chi connectivity index (χ0v) is 10.0. The number of aryl methyl sites for hydroxylation is 1. The standard InChI is InChI=1S/C13H19N3/c1-3-7-13-15-11(10-14-4-2)12-8-5-6-9-16(12)13/h5-6,8-9,14H,3-4,7,10H2,1-2H3. The summed E-state index contributed by atoms with van der Waals surface area (Å²) in [5.41, 5.74) is 2.39. The third-order valence-electron chi connectivity index (χ3n) is 2.71. The summed E-state index contributed by atoms with van der Waals surface area (Å²) in [5, 5.41) is 3.34. The van der Waals surface area contributed by atoms with Gasteiger partial charge < -0.3 is 9.72 Å². The Morgan fingerprint density at radius 2 is 2.19 bits per heavy atom. The zero-order chi connectivity index (χ0) is 11.4. The Kier molecular flexibility index (Phi) is 3.57. The van der Waals surface area contributed by atoms with E-state index >= 15 is 0 Å². The first-order valence-corrected chi connectivity index (χ1v) is 6.02. The Balaban J connectivity index is 2.40. The molecule has 0 saturated heterocycles. The van der Waals surface area contributed by atoms with Gasteiger partial charge in [0.25, 0.3) is 0 Å². The van der Waals surface area contributed by atoms with Crippen LogP contribution < -0.4 is 5.32 Å². The number of nitrogens with one attached hydrogen (secondary N) is 1. The SMILES string of the molecule is CCCc1nc(CNCC)c2ccccn12. The van der Waals surface area contributed by atoms with E-state index < -0.39 is 0 Å². The summed E-state index contributed by atoms with van der Waals surface area (Å²) in [6, 6.07) is 6.27. The fourth-order valence-electron chi connectivity index (χ4n) is 1.94. The van der Waals surface area contributed by atoms with Crippen molar-refractivity contribution in [2.24, 2.45) is 0 Å². The van der Waals surface area contributed by atoms with Crippen LogP contribution in [0.5, 0.6) is 0 Å². The third-order valence-corrected chi connectivity index (χ3v) is 2.71. The maximum Gasteiger partial charge on any atom is 0.113 e. The van der Waals surface area contributed by atoms with Crippen LogP contribution in [0.1, 0.15) is 31.8 Å². The molecule has 0 aliphatic heterocycles. The number of nitrogens with zero attached hydrogens (tertiary/aromatic N) is 2. The van der Waals surface area contributed by atoms with Gasteiger partial charge in [-0.1, -0.05) is 19.9 Å². The van der Waals surface area contributed by atoms with Crippen molar-refractivity contribution < 1.29 is 0 Å². The number of rotatable bonds is 5. The highest BCUT2D eigenvalue weighted by molar-refractivity contribution is 5.53. The number of hydrogen-bond donors (Lipinski definition) is 1. The van der Waals surface area contributed by atoms with Gasteiger partial charge in [0.15, 0.2) is 0 Å². The largest absolute Gasteiger partial charge is 0.311 e. The van der Waals surface area contributed by atoms with E-state index in [0.717, 1.165) is 31.6 Å². The number of pyridine rings is 1. The number of hydrogen-bond acceptors (Lipinski definition) is 2. The summed E-state index contributed by atoms with van der Waals surface area (Å²) in [7, 11) is 0. The molecule has 3 nitrogen and oxygen atoms in total. The van der Waals surface area contributed by atoms with Gasteiger partial charge in [0.1, 0.15) is 5.82 Å². The van der Waals surface area contributed by atoms with E-state index in [4.69, 9.17) is 4.98 Å². The molecule has 3 heteroatoms. The second-order valence-electron chi connectivity index (χ2n) is 3.96. The highest BCUT2D eigenvalue weighted by atomic mass is 15.0. The average molecular weight is 217 g/mol. The van der Waals surface area contributed by atoms with Crippen molar-refractivity contribution in [1.29, 1.82) is 0 Å².